The maximum absolute atomic E-state index is 13.6. The maximum Gasteiger partial charge on any atom is 0.270 e. The molecule has 1 saturated carbocycles. The summed E-state index contributed by atoms with van der Waals surface area (Å²) in [5.41, 5.74) is 0.913. The maximum atomic E-state index is 13.6. The molecule has 0 atom stereocenters. The largest absolute Gasteiger partial charge is 0.351 e. The fourth-order valence-corrected chi connectivity index (χ4v) is 3.26. The number of hydrogen-bond donors (Lipinski definition) is 2. The molecule has 0 aliphatic heterocycles. The summed E-state index contributed by atoms with van der Waals surface area (Å²) in [7, 11) is 0. The first kappa shape index (κ1) is 18.3. The summed E-state index contributed by atoms with van der Waals surface area (Å²) in [5.74, 6) is -0.0232. The van der Waals surface area contributed by atoms with Crippen LogP contribution in [0.4, 0.5) is 10.3 Å². The number of hydrogen-bond acceptors (Lipinski definition) is 4. The van der Waals surface area contributed by atoms with Crippen LogP contribution in [0.25, 0.3) is 0 Å². The number of anilines is 1. The molecular formula is C20H25FN4O. The molecule has 0 radical (unpaired) electrons. The van der Waals surface area contributed by atoms with Gasteiger partial charge in [0.05, 0.1) is 0 Å². The van der Waals surface area contributed by atoms with E-state index in [1.807, 2.05) is 0 Å². The number of nitrogens with zero attached hydrogens (tertiary/aromatic N) is 2. The predicted molar refractivity (Wildman–Crippen MR) is 99.6 cm³/mol. The van der Waals surface area contributed by atoms with Crippen molar-refractivity contribution >= 4 is 11.9 Å². The summed E-state index contributed by atoms with van der Waals surface area (Å²) >= 11 is 0. The quantitative estimate of drug-likeness (QED) is 0.774. The zero-order valence-electron chi connectivity index (χ0n) is 14.9. The van der Waals surface area contributed by atoms with Crippen LogP contribution in [0.3, 0.4) is 0 Å². The monoisotopic (exact) mass is 356 g/mol. The molecule has 2 aromatic rings. The van der Waals surface area contributed by atoms with E-state index in [0.29, 0.717) is 36.2 Å². The van der Waals surface area contributed by atoms with E-state index in [2.05, 4.69) is 20.6 Å². The first-order valence-corrected chi connectivity index (χ1v) is 9.33. The summed E-state index contributed by atoms with van der Waals surface area (Å²) < 4.78 is 13.6. The second kappa shape index (κ2) is 9.27. The third-order valence-electron chi connectivity index (χ3n) is 4.71. The first-order chi connectivity index (χ1) is 12.7. The highest BCUT2D eigenvalue weighted by Gasteiger charge is 2.14. The molecule has 138 valence electrons. The standard InChI is InChI=1S/C20H25FN4O/c21-17-10-6-5-7-15(17)11-13-22-19(26)18-12-14-23-20(25-18)24-16-8-3-1-2-4-9-16/h5-7,10,12,14,16H,1-4,8-9,11,13H2,(H,22,26)(H,23,24,25). The predicted octanol–water partition coefficient (Wildman–Crippen LogP) is 3.72. The van der Waals surface area contributed by atoms with Crippen LogP contribution < -0.4 is 10.6 Å². The van der Waals surface area contributed by atoms with Crippen LogP contribution in [0.1, 0.15) is 54.6 Å². The molecule has 1 aromatic carbocycles. The molecule has 26 heavy (non-hydrogen) atoms. The molecule has 1 aliphatic carbocycles. The molecule has 0 saturated heterocycles. The topological polar surface area (TPSA) is 66.9 Å². The van der Waals surface area contributed by atoms with Gasteiger partial charge < -0.3 is 10.6 Å². The Morgan fingerprint density at radius 1 is 1.12 bits per heavy atom. The molecule has 1 amide bonds. The van der Waals surface area contributed by atoms with Gasteiger partial charge in [0, 0.05) is 18.8 Å². The minimum absolute atomic E-state index is 0.251. The zero-order valence-corrected chi connectivity index (χ0v) is 14.9. The number of carbonyl (C=O) groups excluding carboxylic acids is 1. The molecule has 0 spiro atoms. The van der Waals surface area contributed by atoms with Gasteiger partial charge in [-0.05, 0) is 37.0 Å². The fraction of sp³-hybridized carbons (Fsp3) is 0.450. The van der Waals surface area contributed by atoms with E-state index in [1.165, 1.54) is 31.7 Å². The van der Waals surface area contributed by atoms with Crippen molar-refractivity contribution in [2.75, 3.05) is 11.9 Å². The fourth-order valence-electron chi connectivity index (χ4n) is 3.26. The van der Waals surface area contributed by atoms with E-state index in [9.17, 15) is 9.18 Å². The molecule has 3 rings (SSSR count). The molecule has 1 heterocycles. The Kier molecular flexibility index (Phi) is 6.52. The zero-order chi connectivity index (χ0) is 18.2. The lowest BCUT2D eigenvalue weighted by Crippen LogP contribution is -2.27. The number of benzene rings is 1. The smallest absolute Gasteiger partial charge is 0.270 e. The van der Waals surface area contributed by atoms with Crippen molar-refractivity contribution < 1.29 is 9.18 Å². The van der Waals surface area contributed by atoms with Crippen molar-refractivity contribution in [1.82, 2.24) is 15.3 Å². The first-order valence-electron chi connectivity index (χ1n) is 9.33. The van der Waals surface area contributed by atoms with Crippen molar-refractivity contribution in [1.29, 1.82) is 0 Å². The van der Waals surface area contributed by atoms with Crippen molar-refractivity contribution in [2.24, 2.45) is 0 Å². The molecule has 1 fully saturated rings. The van der Waals surface area contributed by atoms with Crippen LogP contribution in [-0.4, -0.2) is 28.5 Å². The van der Waals surface area contributed by atoms with Crippen LogP contribution in [0.15, 0.2) is 36.5 Å². The number of nitrogens with one attached hydrogen (secondary N) is 2. The molecule has 1 aromatic heterocycles. The highest BCUT2D eigenvalue weighted by atomic mass is 19.1. The second-order valence-corrected chi connectivity index (χ2v) is 6.70. The van der Waals surface area contributed by atoms with Gasteiger partial charge in [-0.1, -0.05) is 43.9 Å². The molecule has 2 N–H and O–H groups in total. The summed E-state index contributed by atoms with van der Waals surface area (Å²) in [6, 6.07) is 8.55. The third kappa shape index (κ3) is 5.25. The number of halogens is 1. The lowest BCUT2D eigenvalue weighted by molar-refractivity contribution is 0.0949. The second-order valence-electron chi connectivity index (χ2n) is 6.70. The van der Waals surface area contributed by atoms with Gasteiger partial charge in [-0.25, -0.2) is 14.4 Å². The Morgan fingerprint density at radius 2 is 1.88 bits per heavy atom. The third-order valence-corrected chi connectivity index (χ3v) is 4.71. The Balaban J connectivity index is 1.53. The normalized spacial score (nSPS) is 15.3. The minimum atomic E-state index is -0.271. The Morgan fingerprint density at radius 3 is 2.65 bits per heavy atom. The van der Waals surface area contributed by atoms with Gasteiger partial charge in [-0.2, -0.15) is 0 Å². The van der Waals surface area contributed by atoms with Crippen molar-refractivity contribution in [3.05, 3.63) is 53.6 Å². The highest BCUT2D eigenvalue weighted by Crippen LogP contribution is 2.19. The van der Waals surface area contributed by atoms with E-state index in [0.717, 1.165) is 12.8 Å². The molecule has 0 bridgehead atoms. The van der Waals surface area contributed by atoms with Gasteiger partial charge in [-0.15, -0.1) is 0 Å². The lowest BCUT2D eigenvalue weighted by atomic mass is 10.1. The van der Waals surface area contributed by atoms with E-state index in [4.69, 9.17) is 0 Å². The average molecular weight is 356 g/mol. The SMILES string of the molecule is O=C(NCCc1ccccc1F)c1ccnc(NC2CCCCCC2)n1. The lowest BCUT2D eigenvalue weighted by Gasteiger charge is -2.16. The van der Waals surface area contributed by atoms with Crippen LogP contribution in [0, 0.1) is 5.82 Å². The summed E-state index contributed by atoms with van der Waals surface area (Å²) in [6.45, 7) is 0.356. The highest BCUT2D eigenvalue weighted by molar-refractivity contribution is 5.92. The molecule has 6 heteroatoms. The van der Waals surface area contributed by atoms with E-state index in [1.54, 1.807) is 30.5 Å². The Labute approximate surface area is 153 Å². The van der Waals surface area contributed by atoms with Crippen molar-refractivity contribution in [3.63, 3.8) is 0 Å². The van der Waals surface area contributed by atoms with Gasteiger partial charge >= 0.3 is 0 Å². The van der Waals surface area contributed by atoms with E-state index < -0.39 is 0 Å². The van der Waals surface area contributed by atoms with E-state index in [-0.39, 0.29) is 11.7 Å². The summed E-state index contributed by atoms with van der Waals surface area (Å²) in [6.07, 6.45) is 9.26. The molecule has 1 aliphatic rings. The van der Waals surface area contributed by atoms with Gasteiger partial charge in [0.1, 0.15) is 11.5 Å². The van der Waals surface area contributed by atoms with Crippen molar-refractivity contribution in [2.45, 2.75) is 51.0 Å². The van der Waals surface area contributed by atoms with Crippen molar-refractivity contribution in [3.8, 4) is 0 Å². The number of carbonyl (C=O) groups is 1. The number of amides is 1. The van der Waals surface area contributed by atoms with Crippen LogP contribution in [0.5, 0.6) is 0 Å². The molecule has 5 nitrogen and oxygen atoms in total. The van der Waals surface area contributed by atoms with E-state index >= 15 is 0 Å². The number of aromatic nitrogens is 2. The summed E-state index contributed by atoms with van der Waals surface area (Å²) in [4.78, 5) is 20.9. The summed E-state index contributed by atoms with van der Waals surface area (Å²) in [5, 5.41) is 6.15. The molecule has 0 unspecified atom stereocenters. The molecular weight excluding hydrogens is 331 g/mol. The van der Waals surface area contributed by atoms with Crippen LogP contribution >= 0.6 is 0 Å². The Bertz CT molecular complexity index is 729. The minimum Gasteiger partial charge on any atom is -0.351 e. The average Bonchev–Trinajstić information content (AvgIpc) is 2.92. The van der Waals surface area contributed by atoms with Gasteiger partial charge in [0.15, 0.2) is 0 Å². The van der Waals surface area contributed by atoms with Gasteiger partial charge in [-0.3, -0.25) is 4.79 Å². The van der Waals surface area contributed by atoms with Gasteiger partial charge in [0.2, 0.25) is 5.95 Å². The van der Waals surface area contributed by atoms with Crippen LogP contribution in [0.2, 0.25) is 0 Å². The van der Waals surface area contributed by atoms with Crippen LogP contribution in [-0.2, 0) is 6.42 Å². The van der Waals surface area contributed by atoms with Gasteiger partial charge in [0.25, 0.3) is 5.91 Å². The Hall–Kier alpha value is -2.50. The number of rotatable bonds is 6.